The lowest BCUT2D eigenvalue weighted by molar-refractivity contribution is 0.0991. The van der Waals surface area contributed by atoms with Gasteiger partial charge in [-0.15, -0.1) is 0 Å². The number of hydrogen-bond acceptors (Lipinski definition) is 5. The summed E-state index contributed by atoms with van der Waals surface area (Å²) in [7, 11) is -3.96. The molecular weight excluding hydrogens is 330 g/mol. The lowest BCUT2D eigenvalue weighted by Gasteiger charge is -2.28. The van der Waals surface area contributed by atoms with Crippen LogP contribution in [-0.4, -0.2) is 27.4 Å². The second-order valence-corrected chi connectivity index (χ2v) is 7.20. The standard InChI is InChI=1S/C16H19N3O4S/c17-24(21,22)15-9-8-14(23-15)16(20)18-12-4-6-13(7-5-12)19-10-2-1-3-11-19/h4-9H,1-3,10-11H2,(H,18,20)(H2,17,21,22). The first-order valence-electron chi connectivity index (χ1n) is 7.72. The summed E-state index contributed by atoms with van der Waals surface area (Å²) in [5, 5.41) is 7.18. The van der Waals surface area contributed by atoms with Crippen molar-refractivity contribution in [2.45, 2.75) is 24.4 Å². The van der Waals surface area contributed by atoms with Crippen molar-refractivity contribution in [2.75, 3.05) is 23.3 Å². The number of amides is 1. The van der Waals surface area contributed by atoms with Crippen LogP contribution >= 0.6 is 0 Å². The molecule has 2 aromatic rings. The number of nitrogens with one attached hydrogen (secondary N) is 1. The Kier molecular flexibility index (Phi) is 4.59. The highest BCUT2D eigenvalue weighted by Gasteiger charge is 2.18. The van der Waals surface area contributed by atoms with Gasteiger partial charge in [-0.1, -0.05) is 0 Å². The highest BCUT2D eigenvalue weighted by atomic mass is 32.2. The average molecular weight is 349 g/mol. The van der Waals surface area contributed by atoms with Crippen LogP contribution in [0.4, 0.5) is 11.4 Å². The monoisotopic (exact) mass is 349 g/mol. The van der Waals surface area contributed by atoms with Gasteiger partial charge in [0, 0.05) is 24.5 Å². The van der Waals surface area contributed by atoms with Crippen LogP contribution < -0.4 is 15.4 Å². The zero-order valence-corrected chi connectivity index (χ0v) is 13.9. The topological polar surface area (TPSA) is 106 Å². The largest absolute Gasteiger partial charge is 0.438 e. The smallest absolute Gasteiger partial charge is 0.291 e. The Morgan fingerprint density at radius 1 is 1.04 bits per heavy atom. The van der Waals surface area contributed by atoms with E-state index in [1.54, 1.807) is 0 Å². The van der Waals surface area contributed by atoms with Crippen LogP contribution in [0, 0.1) is 0 Å². The average Bonchev–Trinajstić information content (AvgIpc) is 3.07. The van der Waals surface area contributed by atoms with Crippen LogP contribution in [0.15, 0.2) is 45.9 Å². The summed E-state index contributed by atoms with van der Waals surface area (Å²) in [6.07, 6.45) is 3.67. The predicted molar refractivity (Wildman–Crippen MR) is 90.5 cm³/mol. The molecular formula is C16H19N3O4S. The maximum absolute atomic E-state index is 12.1. The number of carbonyl (C=O) groups is 1. The van der Waals surface area contributed by atoms with E-state index < -0.39 is 21.0 Å². The van der Waals surface area contributed by atoms with Crippen molar-refractivity contribution in [1.82, 2.24) is 0 Å². The third-order valence-corrected chi connectivity index (χ3v) is 4.71. The van der Waals surface area contributed by atoms with Crippen molar-refractivity contribution in [1.29, 1.82) is 0 Å². The van der Waals surface area contributed by atoms with E-state index in [9.17, 15) is 13.2 Å². The van der Waals surface area contributed by atoms with Crippen LogP contribution in [-0.2, 0) is 10.0 Å². The van der Waals surface area contributed by atoms with Gasteiger partial charge >= 0.3 is 0 Å². The minimum atomic E-state index is -3.96. The Bertz CT molecular complexity index is 821. The molecule has 0 radical (unpaired) electrons. The molecule has 7 nitrogen and oxygen atoms in total. The molecule has 0 bridgehead atoms. The minimum absolute atomic E-state index is 0.112. The van der Waals surface area contributed by atoms with Gasteiger partial charge in [-0.3, -0.25) is 4.79 Å². The van der Waals surface area contributed by atoms with E-state index in [2.05, 4.69) is 10.2 Å². The maximum atomic E-state index is 12.1. The first-order chi connectivity index (χ1) is 11.4. The lowest BCUT2D eigenvalue weighted by atomic mass is 10.1. The number of rotatable bonds is 4. The minimum Gasteiger partial charge on any atom is -0.438 e. The highest BCUT2D eigenvalue weighted by Crippen LogP contribution is 2.22. The fourth-order valence-corrected chi connectivity index (χ4v) is 3.16. The van der Waals surface area contributed by atoms with Crippen molar-refractivity contribution >= 4 is 27.3 Å². The molecule has 0 aliphatic carbocycles. The molecule has 0 atom stereocenters. The van der Waals surface area contributed by atoms with E-state index >= 15 is 0 Å². The third kappa shape index (κ3) is 3.77. The van der Waals surface area contributed by atoms with Crippen LogP contribution in [0.5, 0.6) is 0 Å². The molecule has 1 aliphatic heterocycles. The Morgan fingerprint density at radius 3 is 2.29 bits per heavy atom. The molecule has 0 unspecified atom stereocenters. The van der Waals surface area contributed by atoms with Gasteiger partial charge in [0.15, 0.2) is 5.76 Å². The Morgan fingerprint density at radius 2 is 1.71 bits per heavy atom. The molecule has 24 heavy (non-hydrogen) atoms. The van der Waals surface area contributed by atoms with E-state index in [1.807, 2.05) is 24.3 Å². The molecule has 1 aromatic carbocycles. The van der Waals surface area contributed by atoms with Gasteiger partial charge in [-0.05, 0) is 55.7 Å². The zero-order valence-electron chi connectivity index (χ0n) is 13.1. The van der Waals surface area contributed by atoms with Crippen LogP contribution in [0.1, 0.15) is 29.8 Å². The van der Waals surface area contributed by atoms with E-state index in [0.717, 1.165) is 24.8 Å². The Balaban J connectivity index is 1.67. The summed E-state index contributed by atoms with van der Waals surface area (Å²) in [5.74, 6) is -0.644. The summed E-state index contributed by atoms with van der Waals surface area (Å²) in [6, 6.07) is 9.97. The molecule has 1 saturated heterocycles. The molecule has 1 amide bonds. The molecule has 8 heteroatoms. The number of primary sulfonamides is 1. The summed E-state index contributed by atoms with van der Waals surface area (Å²) in [5.41, 5.74) is 1.73. The third-order valence-electron chi connectivity index (χ3n) is 3.93. The van der Waals surface area contributed by atoms with E-state index in [0.29, 0.717) is 5.69 Å². The summed E-state index contributed by atoms with van der Waals surface area (Å²) < 4.78 is 27.3. The van der Waals surface area contributed by atoms with Crippen LogP contribution in [0.2, 0.25) is 0 Å². The number of piperidine rings is 1. The van der Waals surface area contributed by atoms with Crippen LogP contribution in [0.3, 0.4) is 0 Å². The van der Waals surface area contributed by atoms with Gasteiger partial charge in [-0.2, -0.15) is 0 Å². The molecule has 3 rings (SSSR count). The molecule has 1 aliphatic rings. The van der Waals surface area contributed by atoms with Gasteiger partial charge in [0.1, 0.15) is 0 Å². The van der Waals surface area contributed by atoms with Crippen molar-refractivity contribution in [2.24, 2.45) is 5.14 Å². The molecule has 128 valence electrons. The zero-order chi connectivity index (χ0) is 17.2. The van der Waals surface area contributed by atoms with Crippen molar-refractivity contribution in [3.63, 3.8) is 0 Å². The number of sulfonamides is 1. The molecule has 1 aromatic heterocycles. The number of hydrogen-bond donors (Lipinski definition) is 2. The number of furan rings is 1. The van der Waals surface area contributed by atoms with E-state index in [4.69, 9.17) is 9.56 Å². The first-order valence-corrected chi connectivity index (χ1v) is 9.27. The summed E-state index contributed by atoms with van der Waals surface area (Å²) in [6.45, 7) is 2.10. The second kappa shape index (κ2) is 6.66. The summed E-state index contributed by atoms with van der Waals surface area (Å²) in [4.78, 5) is 14.4. The molecule has 0 spiro atoms. The van der Waals surface area contributed by atoms with Gasteiger partial charge in [0.2, 0.25) is 5.09 Å². The molecule has 3 N–H and O–H groups in total. The number of anilines is 2. The van der Waals surface area contributed by atoms with Crippen molar-refractivity contribution in [3.8, 4) is 0 Å². The SMILES string of the molecule is NS(=O)(=O)c1ccc(C(=O)Nc2ccc(N3CCCCC3)cc2)o1. The number of benzene rings is 1. The highest BCUT2D eigenvalue weighted by molar-refractivity contribution is 7.89. The fourth-order valence-electron chi connectivity index (χ4n) is 2.70. The normalized spacial score (nSPS) is 15.3. The number of nitrogens with zero attached hydrogens (tertiary/aromatic N) is 1. The second-order valence-electron chi connectivity index (χ2n) is 5.71. The van der Waals surface area contributed by atoms with Gasteiger partial charge in [0.25, 0.3) is 15.9 Å². The molecule has 2 heterocycles. The predicted octanol–water partition coefficient (Wildman–Crippen LogP) is 2.17. The Labute approximate surface area is 140 Å². The number of carbonyl (C=O) groups excluding carboxylic acids is 1. The van der Waals surface area contributed by atoms with E-state index in [-0.39, 0.29) is 5.76 Å². The van der Waals surface area contributed by atoms with Crippen molar-refractivity contribution in [3.05, 3.63) is 42.2 Å². The fraction of sp³-hybridized carbons (Fsp3) is 0.312. The van der Waals surface area contributed by atoms with Gasteiger partial charge in [-0.25, -0.2) is 13.6 Å². The molecule has 0 saturated carbocycles. The number of nitrogens with two attached hydrogens (primary N) is 1. The van der Waals surface area contributed by atoms with Crippen molar-refractivity contribution < 1.29 is 17.6 Å². The lowest BCUT2D eigenvalue weighted by Crippen LogP contribution is -2.29. The van der Waals surface area contributed by atoms with Gasteiger partial charge < -0.3 is 14.6 Å². The van der Waals surface area contributed by atoms with E-state index in [1.165, 1.54) is 25.3 Å². The van der Waals surface area contributed by atoms with Crippen LogP contribution in [0.25, 0.3) is 0 Å². The maximum Gasteiger partial charge on any atom is 0.291 e. The van der Waals surface area contributed by atoms with Gasteiger partial charge in [0.05, 0.1) is 0 Å². The first kappa shape index (κ1) is 16.5. The quantitative estimate of drug-likeness (QED) is 0.880. The molecule has 1 fully saturated rings. The summed E-state index contributed by atoms with van der Waals surface area (Å²) >= 11 is 0. The Hall–Kier alpha value is -2.32.